The van der Waals surface area contributed by atoms with Gasteiger partial charge in [-0.1, -0.05) is 25.5 Å². The second-order valence-corrected chi connectivity index (χ2v) is 9.27. The summed E-state index contributed by atoms with van der Waals surface area (Å²) in [7, 11) is -0.417. The molecule has 0 atom stereocenters. The van der Waals surface area contributed by atoms with Crippen molar-refractivity contribution in [3.05, 3.63) is 59.7 Å². The molecule has 0 spiro atoms. The Hall–Kier alpha value is -2.87. The molecular weight excluding hydrogens is 402 g/mol. The van der Waals surface area contributed by atoms with Crippen LogP contribution in [0.1, 0.15) is 35.7 Å². The van der Waals surface area contributed by atoms with Gasteiger partial charge in [0.25, 0.3) is 5.91 Å². The van der Waals surface area contributed by atoms with Gasteiger partial charge in [-0.05, 0) is 54.8 Å². The molecule has 2 rings (SSSR count). The largest absolute Gasteiger partial charge is 0.345 e. The zero-order chi connectivity index (χ0) is 22.3. The van der Waals surface area contributed by atoms with Gasteiger partial charge in [0.05, 0.1) is 11.9 Å². The average molecular weight is 432 g/mol. The summed E-state index contributed by atoms with van der Waals surface area (Å²) in [5, 5.41) is 2.74. The monoisotopic (exact) mass is 431 g/mol. The fraction of sp³-hybridized carbons (Fsp3) is 0.364. The summed E-state index contributed by atoms with van der Waals surface area (Å²) in [5.41, 5.74) is 2.56. The molecule has 30 heavy (non-hydrogen) atoms. The van der Waals surface area contributed by atoms with E-state index in [1.165, 1.54) is 22.6 Å². The van der Waals surface area contributed by atoms with Crippen LogP contribution >= 0.6 is 0 Å². The highest BCUT2D eigenvalue weighted by Crippen LogP contribution is 2.19. The van der Waals surface area contributed by atoms with Crippen LogP contribution in [0.15, 0.2) is 48.5 Å². The fourth-order valence-electron chi connectivity index (χ4n) is 2.90. The lowest BCUT2D eigenvalue weighted by molar-refractivity contribution is -0.114. The van der Waals surface area contributed by atoms with Crippen LogP contribution < -0.4 is 9.62 Å². The zero-order valence-corrected chi connectivity index (χ0v) is 18.7. The van der Waals surface area contributed by atoms with Crippen LogP contribution in [0, 0.1) is 0 Å². The summed E-state index contributed by atoms with van der Waals surface area (Å²) in [5.74, 6) is -0.636. The molecule has 0 heterocycles. The van der Waals surface area contributed by atoms with Gasteiger partial charge >= 0.3 is 0 Å². The lowest BCUT2D eigenvalue weighted by atomic mass is 10.1. The minimum atomic E-state index is -3.69. The van der Waals surface area contributed by atoms with Crippen LogP contribution in [0.3, 0.4) is 0 Å². The van der Waals surface area contributed by atoms with Gasteiger partial charge in [0.15, 0.2) is 0 Å². The number of hydrogen-bond acceptors (Lipinski definition) is 4. The van der Waals surface area contributed by atoms with Gasteiger partial charge in [0.1, 0.15) is 6.54 Å². The lowest BCUT2D eigenvalue weighted by Crippen LogP contribution is -2.37. The van der Waals surface area contributed by atoms with Gasteiger partial charge in [-0.25, -0.2) is 8.42 Å². The first-order valence-electron chi connectivity index (χ1n) is 9.80. The molecule has 0 fully saturated rings. The summed E-state index contributed by atoms with van der Waals surface area (Å²) in [6.07, 6.45) is 4.25. The molecule has 2 aromatic rings. The van der Waals surface area contributed by atoms with Gasteiger partial charge in [-0.3, -0.25) is 13.9 Å². The molecule has 0 radical (unpaired) electrons. The van der Waals surface area contributed by atoms with Gasteiger partial charge in [-0.2, -0.15) is 0 Å². The Morgan fingerprint density at radius 1 is 0.967 bits per heavy atom. The van der Waals surface area contributed by atoms with Gasteiger partial charge < -0.3 is 10.2 Å². The number of rotatable bonds is 9. The number of carbonyl (C=O) groups excluding carboxylic acids is 2. The van der Waals surface area contributed by atoms with E-state index in [4.69, 9.17) is 0 Å². The maximum absolute atomic E-state index is 12.5. The smallest absolute Gasteiger partial charge is 0.253 e. The first-order valence-corrected chi connectivity index (χ1v) is 11.6. The zero-order valence-electron chi connectivity index (χ0n) is 17.9. The number of hydrogen-bond donors (Lipinski definition) is 1. The molecule has 0 aliphatic carbocycles. The highest BCUT2D eigenvalue weighted by molar-refractivity contribution is 7.92. The van der Waals surface area contributed by atoms with Gasteiger partial charge in [0, 0.05) is 25.3 Å². The fourth-order valence-corrected chi connectivity index (χ4v) is 3.75. The van der Waals surface area contributed by atoms with E-state index >= 15 is 0 Å². The number of aryl methyl sites for hydroxylation is 1. The molecule has 2 aromatic carbocycles. The highest BCUT2D eigenvalue weighted by atomic mass is 32.2. The van der Waals surface area contributed by atoms with E-state index in [-0.39, 0.29) is 12.5 Å². The standard InChI is InChI=1S/C22H29N3O4S/c1-5-6-7-17-8-12-19(13-9-17)23-21(26)16-25(30(4,28)29)20-14-10-18(11-15-20)22(27)24(2)3/h8-15H,5-7,16H2,1-4H3,(H,23,26). The maximum Gasteiger partial charge on any atom is 0.253 e. The molecule has 8 heteroatoms. The SMILES string of the molecule is CCCCc1ccc(NC(=O)CN(c2ccc(C(=O)N(C)C)cc2)S(C)(=O)=O)cc1. The predicted molar refractivity (Wildman–Crippen MR) is 120 cm³/mol. The van der Waals surface area contributed by atoms with Crippen LogP contribution in [0.4, 0.5) is 11.4 Å². The number of nitrogens with zero attached hydrogens (tertiary/aromatic N) is 2. The van der Waals surface area contributed by atoms with Crippen molar-refractivity contribution in [3.63, 3.8) is 0 Å². The van der Waals surface area contributed by atoms with Crippen molar-refractivity contribution in [1.29, 1.82) is 0 Å². The van der Waals surface area contributed by atoms with E-state index in [0.29, 0.717) is 16.9 Å². The normalized spacial score (nSPS) is 11.1. The van der Waals surface area contributed by atoms with Crippen LogP contribution in [0.2, 0.25) is 0 Å². The number of sulfonamides is 1. The first kappa shape index (κ1) is 23.4. The number of nitrogens with one attached hydrogen (secondary N) is 1. The number of anilines is 2. The molecule has 2 amide bonds. The topological polar surface area (TPSA) is 86.8 Å². The van der Waals surface area contributed by atoms with Crippen molar-refractivity contribution in [3.8, 4) is 0 Å². The highest BCUT2D eigenvalue weighted by Gasteiger charge is 2.21. The van der Waals surface area contributed by atoms with E-state index in [1.807, 2.05) is 24.3 Å². The minimum absolute atomic E-state index is 0.187. The second kappa shape index (κ2) is 10.2. The Morgan fingerprint density at radius 2 is 1.57 bits per heavy atom. The summed E-state index contributed by atoms with van der Waals surface area (Å²) in [6, 6.07) is 13.7. The molecule has 7 nitrogen and oxygen atoms in total. The molecule has 0 unspecified atom stereocenters. The van der Waals surface area contributed by atoms with Crippen LogP contribution in [-0.4, -0.2) is 52.0 Å². The molecule has 0 bridgehead atoms. The van der Waals surface area contributed by atoms with Crippen LogP contribution in [0.5, 0.6) is 0 Å². The molecule has 0 aromatic heterocycles. The quantitative estimate of drug-likeness (QED) is 0.661. The molecule has 0 aliphatic rings. The number of unbranched alkanes of at least 4 members (excludes halogenated alkanes) is 1. The number of carbonyl (C=O) groups is 2. The van der Waals surface area contributed by atoms with Crippen molar-refractivity contribution in [1.82, 2.24) is 4.90 Å². The van der Waals surface area contributed by atoms with E-state index in [0.717, 1.165) is 29.8 Å². The third kappa shape index (κ3) is 6.59. The van der Waals surface area contributed by atoms with Gasteiger partial charge in [0.2, 0.25) is 15.9 Å². The third-order valence-electron chi connectivity index (χ3n) is 4.55. The summed E-state index contributed by atoms with van der Waals surface area (Å²) < 4.78 is 25.5. The molecule has 0 aliphatic heterocycles. The Labute approximate surface area is 178 Å². The van der Waals surface area contributed by atoms with Crippen molar-refractivity contribution < 1.29 is 18.0 Å². The summed E-state index contributed by atoms with van der Waals surface area (Å²) in [6.45, 7) is 1.77. The Morgan fingerprint density at radius 3 is 2.07 bits per heavy atom. The third-order valence-corrected chi connectivity index (χ3v) is 5.69. The van der Waals surface area contributed by atoms with Crippen molar-refractivity contribution in [2.75, 3.05) is 36.5 Å². The molecular formula is C22H29N3O4S. The molecule has 162 valence electrons. The molecule has 1 N–H and O–H groups in total. The van der Waals surface area contributed by atoms with Gasteiger partial charge in [-0.15, -0.1) is 0 Å². The van der Waals surface area contributed by atoms with E-state index in [2.05, 4.69) is 12.2 Å². The predicted octanol–water partition coefficient (Wildman–Crippen LogP) is 3.14. The molecule has 0 saturated carbocycles. The Bertz CT molecular complexity index is 968. The minimum Gasteiger partial charge on any atom is -0.345 e. The number of amides is 2. The molecule has 0 saturated heterocycles. The van der Waals surface area contributed by atoms with E-state index in [9.17, 15) is 18.0 Å². The summed E-state index contributed by atoms with van der Waals surface area (Å²) >= 11 is 0. The Kier molecular flexibility index (Phi) is 8.00. The van der Waals surface area contributed by atoms with E-state index < -0.39 is 15.9 Å². The van der Waals surface area contributed by atoms with Crippen LogP contribution in [-0.2, 0) is 21.2 Å². The first-order chi connectivity index (χ1) is 14.1. The van der Waals surface area contributed by atoms with Crippen molar-refractivity contribution in [2.24, 2.45) is 0 Å². The summed E-state index contributed by atoms with van der Waals surface area (Å²) in [4.78, 5) is 25.9. The average Bonchev–Trinajstić information content (AvgIpc) is 2.70. The van der Waals surface area contributed by atoms with Crippen LogP contribution in [0.25, 0.3) is 0 Å². The Balaban J connectivity index is 2.11. The maximum atomic E-state index is 12.5. The number of benzene rings is 2. The van der Waals surface area contributed by atoms with Crippen molar-refractivity contribution >= 4 is 33.2 Å². The van der Waals surface area contributed by atoms with E-state index in [1.54, 1.807) is 26.2 Å². The van der Waals surface area contributed by atoms with Crippen molar-refractivity contribution in [2.45, 2.75) is 26.2 Å². The lowest BCUT2D eigenvalue weighted by Gasteiger charge is -2.22. The second-order valence-electron chi connectivity index (χ2n) is 7.36.